The molecule has 2 aromatic rings. The first-order chi connectivity index (χ1) is 12.5. The Morgan fingerprint density at radius 1 is 0.963 bits per heavy atom. The Hall–Kier alpha value is -2.34. The van der Waals surface area contributed by atoms with Gasteiger partial charge in [-0.3, -0.25) is 4.79 Å². The number of ether oxygens (including phenoxy) is 1. The molecule has 0 aromatic heterocycles. The molecule has 0 unspecified atom stereocenters. The van der Waals surface area contributed by atoms with Crippen LogP contribution < -0.4 is 10.1 Å². The van der Waals surface area contributed by atoms with Crippen molar-refractivity contribution in [1.82, 2.24) is 5.32 Å². The Morgan fingerprint density at radius 3 is 1.96 bits per heavy atom. The lowest BCUT2D eigenvalue weighted by Crippen LogP contribution is -2.32. The quantitative estimate of drug-likeness (QED) is 0.789. The summed E-state index contributed by atoms with van der Waals surface area (Å²) < 4.78 is 27.5. The second-order valence-electron chi connectivity index (χ2n) is 7.62. The van der Waals surface area contributed by atoms with Crippen molar-refractivity contribution in [2.24, 2.45) is 0 Å². The van der Waals surface area contributed by atoms with Crippen molar-refractivity contribution >= 4 is 15.7 Å². The molecule has 0 fully saturated rings. The highest BCUT2D eigenvalue weighted by atomic mass is 32.2. The van der Waals surface area contributed by atoms with Crippen LogP contribution in [0.3, 0.4) is 0 Å². The van der Waals surface area contributed by atoms with Gasteiger partial charge in [0.1, 0.15) is 15.6 Å². The molecule has 1 N–H and O–H groups in total. The first-order valence-electron chi connectivity index (χ1n) is 8.83. The Bertz CT molecular complexity index is 864. The van der Waals surface area contributed by atoms with Crippen LogP contribution in [-0.4, -0.2) is 39.5 Å². The third-order valence-electron chi connectivity index (χ3n) is 4.10. The first-order valence-corrected chi connectivity index (χ1v) is 10.9. The van der Waals surface area contributed by atoms with E-state index in [0.717, 1.165) is 17.4 Å². The van der Waals surface area contributed by atoms with Crippen molar-refractivity contribution in [3.05, 3.63) is 54.1 Å². The maximum absolute atomic E-state index is 11.7. The largest absolute Gasteiger partial charge is 0.484 e. The summed E-state index contributed by atoms with van der Waals surface area (Å²) in [7, 11) is -3.08. The van der Waals surface area contributed by atoms with E-state index < -0.39 is 9.84 Å². The van der Waals surface area contributed by atoms with Crippen LogP contribution in [0.2, 0.25) is 0 Å². The molecule has 0 aliphatic carbocycles. The van der Waals surface area contributed by atoms with Gasteiger partial charge in [0, 0.05) is 12.8 Å². The average Bonchev–Trinajstić information content (AvgIpc) is 2.59. The summed E-state index contributed by atoms with van der Waals surface area (Å²) in [5.41, 5.74) is 3.60. The smallest absolute Gasteiger partial charge is 0.257 e. The van der Waals surface area contributed by atoms with Crippen LogP contribution in [0.5, 0.6) is 5.75 Å². The molecular formula is C21H27NO4S. The molecule has 0 saturated heterocycles. The summed E-state index contributed by atoms with van der Waals surface area (Å²) in [4.78, 5) is 11.7. The Kier molecular flexibility index (Phi) is 6.65. The fourth-order valence-corrected chi connectivity index (χ4v) is 2.95. The molecule has 2 rings (SSSR count). The van der Waals surface area contributed by atoms with Gasteiger partial charge in [-0.25, -0.2) is 8.42 Å². The summed E-state index contributed by atoms with van der Waals surface area (Å²) in [6, 6.07) is 16.0. The average molecular weight is 390 g/mol. The van der Waals surface area contributed by atoms with E-state index >= 15 is 0 Å². The van der Waals surface area contributed by atoms with Gasteiger partial charge in [0.15, 0.2) is 6.61 Å². The van der Waals surface area contributed by atoms with Crippen molar-refractivity contribution in [2.75, 3.05) is 25.2 Å². The molecular weight excluding hydrogens is 362 g/mol. The van der Waals surface area contributed by atoms with Crippen LogP contribution in [0.4, 0.5) is 0 Å². The Balaban J connectivity index is 1.89. The summed E-state index contributed by atoms with van der Waals surface area (Å²) >= 11 is 0. The third kappa shape index (κ3) is 7.06. The number of nitrogens with one attached hydrogen (secondary N) is 1. The van der Waals surface area contributed by atoms with Crippen LogP contribution in [0.15, 0.2) is 48.5 Å². The molecule has 0 atom stereocenters. The summed E-state index contributed by atoms with van der Waals surface area (Å²) in [5.74, 6) is 0.158. The van der Waals surface area contributed by atoms with E-state index in [1.807, 2.05) is 24.3 Å². The zero-order valence-electron chi connectivity index (χ0n) is 16.3. The highest BCUT2D eigenvalue weighted by molar-refractivity contribution is 7.90. The predicted molar refractivity (Wildman–Crippen MR) is 109 cm³/mol. The Labute approximate surface area is 161 Å². The number of carbonyl (C=O) groups is 1. The van der Waals surface area contributed by atoms with E-state index in [2.05, 4.69) is 50.4 Å². The molecule has 0 bridgehead atoms. The zero-order valence-corrected chi connectivity index (χ0v) is 17.1. The molecule has 5 nitrogen and oxygen atoms in total. The standard InChI is InChI=1S/C21H27NO4S/c1-21(2,3)18-9-5-16(6-10-18)17-7-11-19(12-8-17)26-15-20(23)22-13-14-27(4,24)25/h5-12H,13-15H2,1-4H3,(H,22,23). The van der Waals surface area contributed by atoms with Gasteiger partial charge >= 0.3 is 0 Å². The van der Waals surface area contributed by atoms with Gasteiger partial charge in [0.05, 0.1) is 5.75 Å². The van der Waals surface area contributed by atoms with Crippen molar-refractivity contribution in [2.45, 2.75) is 26.2 Å². The minimum atomic E-state index is -3.08. The van der Waals surface area contributed by atoms with Crippen molar-refractivity contribution in [3.8, 4) is 16.9 Å². The topological polar surface area (TPSA) is 72.5 Å². The summed E-state index contributed by atoms with van der Waals surface area (Å²) in [6.07, 6.45) is 1.13. The molecule has 2 aromatic carbocycles. The molecule has 0 heterocycles. The SMILES string of the molecule is CC(C)(C)c1ccc(-c2ccc(OCC(=O)NCCS(C)(=O)=O)cc2)cc1. The van der Waals surface area contributed by atoms with Gasteiger partial charge in [-0.1, -0.05) is 57.2 Å². The second-order valence-corrected chi connectivity index (χ2v) is 9.88. The van der Waals surface area contributed by atoms with E-state index in [1.54, 1.807) is 0 Å². The van der Waals surface area contributed by atoms with E-state index in [4.69, 9.17) is 4.74 Å². The van der Waals surface area contributed by atoms with Gasteiger partial charge < -0.3 is 10.1 Å². The number of hydrogen-bond acceptors (Lipinski definition) is 4. The molecule has 0 spiro atoms. The molecule has 146 valence electrons. The molecule has 0 radical (unpaired) electrons. The van der Waals surface area contributed by atoms with Gasteiger partial charge in [-0.2, -0.15) is 0 Å². The van der Waals surface area contributed by atoms with Crippen LogP contribution in [0.25, 0.3) is 11.1 Å². The minimum Gasteiger partial charge on any atom is -0.484 e. The van der Waals surface area contributed by atoms with Crippen molar-refractivity contribution < 1.29 is 17.9 Å². The van der Waals surface area contributed by atoms with Gasteiger partial charge in [-0.05, 0) is 34.2 Å². The fraction of sp³-hybridized carbons (Fsp3) is 0.381. The lowest BCUT2D eigenvalue weighted by atomic mass is 9.86. The number of amides is 1. The fourth-order valence-electron chi connectivity index (χ4n) is 2.48. The number of carbonyl (C=O) groups excluding carboxylic acids is 1. The first kappa shape index (κ1) is 21.0. The second kappa shape index (κ2) is 8.57. The predicted octanol–water partition coefficient (Wildman–Crippen LogP) is 3.19. The lowest BCUT2D eigenvalue weighted by molar-refractivity contribution is -0.122. The molecule has 6 heteroatoms. The van der Waals surface area contributed by atoms with E-state index in [-0.39, 0.29) is 30.2 Å². The lowest BCUT2D eigenvalue weighted by Gasteiger charge is -2.19. The van der Waals surface area contributed by atoms with Gasteiger partial charge in [0.25, 0.3) is 5.91 Å². The highest BCUT2D eigenvalue weighted by Crippen LogP contribution is 2.27. The van der Waals surface area contributed by atoms with Crippen molar-refractivity contribution in [3.63, 3.8) is 0 Å². The Morgan fingerprint density at radius 2 is 1.48 bits per heavy atom. The highest BCUT2D eigenvalue weighted by Gasteiger charge is 2.13. The van der Waals surface area contributed by atoms with Crippen LogP contribution in [0, 0.1) is 0 Å². The summed E-state index contributed by atoms with van der Waals surface area (Å²) in [5, 5.41) is 2.52. The van der Waals surface area contributed by atoms with Crippen LogP contribution >= 0.6 is 0 Å². The zero-order chi connectivity index (χ0) is 20.1. The van der Waals surface area contributed by atoms with E-state index in [0.29, 0.717) is 5.75 Å². The van der Waals surface area contributed by atoms with E-state index in [1.165, 1.54) is 5.56 Å². The molecule has 1 amide bonds. The van der Waals surface area contributed by atoms with Gasteiger partial charge in [-0.15, -0.1) is 0 Å². The normalized spacial score (nSPS) is 11.9. The molecule has 27 heavy (non-hydrogen) atoms. The van der Waals surface area contributed by atoms with E-state index in [9.17, 15) is 13.2 Å². The van der Waals surface area contributed by atoms with Crippen LogP contribution in [-0.2, 0) is 20.0 Å². The number of sulfone groups is 1. The van der Waals surface area contributed by atoms with Crippen molar-refractivity contribution in [1.29, 1.82) is 0 Å². The van der Waals surface area contributed by atoms with Crippen LogP contribution in [0.1, 0.15) is 26.3 Å². The maximum atomic E-state index is 11.7. The molecule has 0 aliphatic rings. The molecule has 0 aliphatic heterocycles. The molecule has 0 saturated carbocycles. The number of rotatable bonds is 7. The monoisotopic (exact) mass is 389 g/mol. The number of hydrogen-bond donors (Lipinski definition) is 1. The summed E-state index contributed by atoms with van der Waals surface area (Å²) in [6.45, 7) is 6.50. The minimum absolute atomic E-state index is 0.0819. The van der Waals surface area contributed by atoms with Gasteiger partial charge in [0.2, 0.25) is 0 Å². The maximum Gasteiger partial charge on any atom is 0.257 e. The third-order valence-corrected chi connectivity index (χ3v) is 5.05. The number of benzene rings is 2.